The van der Waals surface area contributed by atoms with E-state index in [1.54, 1.807) is 19.4 Å². The first kappa shape index (κ1) is 22.6. The van der Waals surface area contributed by atoms with E-state index in [2.05, 4.69) is 41.7 Å². The molecule has 1 atom stereocenters. The van der Waals surface area contributed by atoms with Crippen LogP contribution in [0.25, 0.3) is 38.4 Å². The molecule has 33 heavy (non-hydrogen) atoms. The highest BCUT2D eigenvalue weighted by atomic mass is 16.5. The lowest BCUT2D eigenvalue weighted by atomic mass is 9.96. The summed E-state index contributed by atoms with van der Waals surface area (Å²) in [6.07, 6.45) is 3.40. The predicted octanol–water partition coefficient (Wildman–Crippen LogP) is 6.21. The van der Waals surface area contributed by atoms with Gasteiger partial charge in [-0.15, -0.1) is 0 Å². The molecule has 170 valence electrons. The third-order valence-electron chi connectivity index (χ3n) is 5.63. The number of carbonyl (C=O) groups excluding carboxylic acids is 1. The first-order valence-corrected chi connectivity index (χ1v) is 11.2. The van der Waals surface area contributed by atoms with Gasteiger partial charge in [0, 0.05) is 41.8 Å². The minimum Gasteiger partial charge on any atom is -0.493 e. The van der Waals surface area contributed by atoms with Gasteiger partial charge in [-0.3, -0.25) is 4.79 Å². The van der Waals surface area contributed by atoms with Crippen LogP contribution < -0.4 is 10.1 Å². The van der Waals surface area contributed by atoms with E-state index < -0.39 is 0 Å². The molecule has 1 heterocycles. The minimum atomic E-state index is -0.166. The molecule has 0 aliphatic rings. The highest BCUT2D eigenvalue weighted by Crippen LogP contribution is 2.39. The second-order valence-electron chi connectivity index (χ2n) is 8.15. The molecule has 1 unspecified atom stereocenters. The second kappa shape index (κ2) is 9.92. The number of furan rings is 1. The molecule has 0 saturated carbocycles. The summed E-state index contributed by atoms with van der Waals surface area (Å²) in [4.78, 5) is 12.5. The van der Waals surface area contributed by atoms with Gasteiger partial charge < -0.3 is 19.2 Å². The van der Waals surface area contributed by atoms with E-state index in [0.29, 0.717) is 19.0 Å². The van der Waals surface area contributed by atoms with Gasteiger partial charge in [0.25, 0.3) is 0 Å². The van der Waals surface area contributed by atoms with Crippen molar-refractivity contribution >= 4 is 33.2 Å². The van der Waals surface area contributed by atoms with Crippen molar-refractivity contribution in [2.75, 3.05) is 20.3 Å². The van der Waals surface area contributed by atoms with E-state index >= 15 is 0 Å². The number of nitrogens with one attached hydrogen (secondary N) is 1. The van der Waals surface area contributed by atoms with Crippen molar-refractivity contribution in [3.8, 4) is 16.9 Å². The lowest BCUT2D eigenvalue weighted by molar-refractivity contribution is -0.117. The van der Waals surface area contributed by atoms with Gasteiger partial charge in [0.2, 0.25) is 5.91 Å². The van der Waals surface area contributed by atoms with Crippen LogP contribution in [0, 0.1) is 0 Å². The molecule has 0 fully saturated rings. The predicted molar refractivity (Wildman–Crippen MR) is 133 cm³/mol. The Hall–Kier alpha value is -3.57. The lowest BCUT2D eigenvalue weighted by Crippen LogP contribution is -2.34. The lowest BCUT2D eigenvalue weighted by Gasteiger charge is -2.13. The maximum atomic E-state index is 12.5. The van der Waals surface area contributed by atoms with E-state index in [1.807, 2.05) is 39.0 Å². The van der Waals surface area contributed by atoms with Crippen molar-refractivity contribution < 1.29 is 18.7 Å². The molecule has 0 aliphatic heterocycles. The number of allylic oxidation sites excluding steroid dienone is 1. The number of hydrogen-bond acceptors (Lipinski definition) is 4. The number of hydrogen-bond donors (Lipinski definition) is 1. The summed E-state index contributed by atoms with van der Waals surface area (Å²) >= 11 is 0. The van der Waals surface area contributed by atoms with Crippen LogP contribution in [0.4, 0.5) is 0 Å². The molecular weight excluding hydrogens is 414 g/mol. The van der Waals surface area contributed by atoms with Crippen LogP contribution in [0.15, 0.2) is 71.4 Å². The summed E-state index contributed by atoms with van der Waals surface area (Å²) in [6.45, 7) is 6.74. The van der Waals surface area contributed by atoms with Crippen LogP contribution in [-0.4, -0.2) is 32.3 Å². The van der Waals surface area contributed by atoms with Crippen LogP contribution in [-0.2, 0) is 9.53 Å². The number of rotatable bonds is 8. The summed E-state index contributed by atoms with van der Waals surface area (Å²) in [5.74, 6) is 0.524. The Morgan fingerprint density at radius 1 is 1.09 bits per heavy atom. The molecule has 4 aromatic rings. The molecule has 3 aromatic carbocycles. The molecule has 0 saturated heterocycles. The summed E-state index contributed by atoms with van der Waals surface area (Å²) in [5.41, 5.74) is 4.54. The van der Waals surface area contributed by atoms with Gasteiger partial charge in [-0.2, -0.15) is 0 Å². The first-order chi connectivity index (χ1) is 16.0. The maximum absolute atomic E-state index is 12.5. The smallest absolute Gasteiger partial charge is 0.244 e. The Morgan fingerprint density at radius 2 is 1.88 bits per heavy atom. The fourth-order valence-electron chi connectivity index (χ4n) is 4.16. The van der Waals surface area contributed by atoms with E-state index in [0.717, 1.165) is 38.6 Å². The van der Waals surface area contributed by atoms with Crippen LogP contribution >= 0.6 is 0 Å². The molecular formula is C28H29NO4. The largest absolute Gasteiger partial charge is 0.493 e. The van der Waals surface area contributed by atoms with Crippen LogP contribution in [0.2, 0.25) is 0 Å². The minimum absolute atomic E-state index is 0.0766. The van der Waals surface area contributed by atoms with Gasteiger partial charge in [0.05, 0.1) is 19.5 Å². The van der Waals surface area contributed by atoms with E-state index in [4.69, 9.17) is 13.9 Å². The number of fused-ring (bicyclic) bond motifs is 2. The molecule has 5 heteroatoms. The van der Waals surface area contributed by atoms with Crippen LogP contribution in [0.5, 0.6) is 5.75 Å². The zero-order valence-electron chi connectivity index (χ0n) is 19.5. The summed E-state index contributed by atoms with van der Waals surface area (Å²) in [5, 5.41) is 6.24. The number of benzene rings is 3. The van der Waals surface area contributed by atoms with Crippen molar-refractivity contribution in [2.24, 2.45) is 0 Å². The Balaban J connectivity index is 1.80. The highest BCUT2D eigenvalue weighted by molar-refractivity contribution is 6.06. The Labute approximate surface area is 194 Å². The zero-order chi connectivity index (χ0) is 23.4. The number of amides is 1. The van der Waals surface area contributed by atoms with Gasteiger partial charge in [-0.1, -0.05) is 42.5 Å². The van der Waals surface area contributed by atoms with Crippen molar-refractivity contribution in [3.63, 3.8) is 0 Å². The Bertz CT molecular complexity index is 1310. The van der Waals surface area contributed by atoms with Crippen molar-refractivity contribution in [2.45, 2.75) is 26.8 Å². The molecule has 1 amide bonds. The van der Waals surface area contributed by atoms with Crippen LogP contribution in [0.3, 0.4) is 0 Å². The van der Waals surface area contributed by atoms with Crippen LogP contribution in [0.1, 0.15) is 26.3 Å². The maximum Gasteiger partial charge on any atom is 0.244 e. The SMILES string of the molecule is CCOc1cc2occ(-c3cccc4ccccc34)c2cc1/C(C)=C/C(=O)NC(C)COC. The normalized spacial score (nSPS) is 12.8. The standard InChI is InChI=1S/C28H29NO4/c1-5-32-26-15-27-24(14-23(26)18(2)13-28(30)29-19(3)16-31-4)25(17-33-27)22-12-8-10-20-9-6-7-11-21(20)22/h6-15,17,19H,5,16H2,1-4H3,(H,29,30)/b18-13+. The zero-order valence-corrected chi connectivity index (χ0v) is 19.5. The quantitative estimate of drug-likeness (QED) is 0.329. The summed E-state index contributed by atoms with van der Waals surface area (Å²) in [6, 6.07) is 18.5. The van der Waals surface area contributed by atoms with Gasteiger partial charge in [0.15, 0.2) is 0 Å². The van der Waals surface area contributed by atoms with Crippen molar-refractivity contribution in [3.05, 3.63) is 72.5 Å². The van der Waals surface area contributed by atoms with Gasteiger partial charge in [-0.05, 0) is 48.7 Å². The average Bonchev–Trinajstić information content (AvgIpc) is 3.21. The fourth-order valence-corrected chi connectivity index (χ4v) is 4.16. The molecule has 1 aromatic heterocycles. The summed E-state index contributed by atoms with van der Waals surface area (Å²) < 4.78 is 16.9. The van der Waals surface area contributed by atoms with E-state index in [9.17, 15) is 4.79 Å². The number of methoxy groups -OCH3 is 1. The molecule has 0 spiro atoms. The van der Waals surface area contributed by atoms with E-state index in [-0.39, 0.29) is 11.9 Å². The first-order valence-electron chi connectivity index (χ1n) is 11.2. The molecule has 0 aliphatic carbocycles. The number of carbonyl (C=O) groups is 1. The molecule has 0 bridgehead atoms. The van der Waals surface area contributed by atoms with Gasteiger partial charge in [-0.25, -0.2) is 0 Å². The third-order valence-corrected chi connectivity index (χ3v) is 5.63. The molecule has 0 radical (unpaired) electrons. The van der Waals surface area contributed by atoms with Crippen molar-refractivity contribution in [1.29, 1.82) is 0 Å². The van der Waals surface area contributed by atoms with Gasteiger partial charge in [0.1, 0.15) is 11.3 Å². The third kappa shape index (κ3) is 4.78. The molecule has 4 rings (SSSR count). The number of ether oxygens (including phenoxy) is 2. The van der Waals surface area contributed by atoms with Gasteiger partial charge >= 0.3 is 0 Å². The Kier molecular flexibility index (Phi) is 6.80. The fraction of sp³-hybridized carbons (Fsp3) is 0.250. The topological polar surface area (TPSA) is 60.7 Å². The Morgan fingerprint density at radius 3 is 2.67 bits per heavy atom. The highest BCUT2D eigenvalue weighted by Gasteiger charge is 2.17. The molecule has 1 N–H and O–H groups in total. The van der Waals surface area contributed by atoms with Crippen molar-refractivity contribution in [1.82, 2.24) is 5.32 Å². The van der Waals surface area contributed by atoms with E-state index in [1.165, 1.54) is 5.39 Å². The monoisotopic (exact) mass is 443 g/mol. The second-order valence-corrected chi connectivity index (χ2v) is 8.15. The molecule has 5 nitrogen and oxygen atoms in total. The average molecular weight is 444 g/mol. The summed E-state index contributed by atoms with van der Waals surface area (Å²) in [7, 11) is 1.62.